The summed E-state index contributed by atoms with van der Waals surface area (Å²) in [6.07, 6.45) is 1.90. The Morgan fingerprint density at radius 3 is 2.08 bits per heavy atom. The van der Waals surface area contributed by atoms with E-state index in [1.807, 2.05) is 16.7 Å². The molecule has 4 rings (SSSR count). The maximum atomic E-state index is 12.5. The fourth-order valence-corrected chi connectivity index (χ4v) is 11.0. The second-order valence-electron chi connectivity index (χ2n) is 14.3. The number of unbranched alkanes of at least 4 members (excludes halogenated alkanes) is 3. The first kappa shape index (κ1) is 65.1. The average Bonchev–Trinajstić information content (AvgIpc) is 3.81. The van der Waals surface area contributed by atoms with Crippen molar-refractivity contribution in [2.45, 2.75) is 106 Å². The molecule has 5 amide bonds. The third kappa shape index (κ3) is 22.5. The molecule has 66 heavy (non-hydrogen) atoms. The molecule has 9 atom stereocenters. The summed E-state index contributed by atoms with van der Waals surface area (Å²) < 4.78 is 50.3. The largest absolute Gasteiger partial charge is 1.00 e. The summed E-state index contributed by atoms with van der Waals surface area (Å²) in [6, 6.07) is 0.236. The van der Waals surface area contributed by atoms with E-state index in [9.17, 15) is 72.2 Å². The molecule has 4 heterocycles. The maximum Gasteiger partial charge on any atom is 1.00 e. The SMILES string of the molecule is O=C(CCCNC(=O)CCCCCNC(=O)CCCC[C@@H]1SC[C@@H]2NC(=O)N[C@@H]21)NC/C=C/c1cn([C@@H]2O[C@H](COP(=O)([O-])OP(=O)([O-])OP(=O)([O-])[O-])[C@@H](O)[C@H]2O)c(=O)[nH]c1=O.[Li+].[Li+].[Li+].[Li+]. The van der Waals surface area contributed by atoms with E-state index in [4.69, 9.17) is 4.74 Å². The average molecular weight is 988 g/mol. The number of hydrogen-bond acceptors (Lipinski definition) is 20. The van der Waals surface area contributed by atoms with Crippen molar-refractivity contribution < 1.29 is 156 Å². The topological polar surface area (TPSA) is 404 Å². The van der Waals surface area contributed by atoms with E-state index in [0.717, 1.165) is 44.1 Å². The van der Waals surface area contributed by atoms with Gasteiger partial charge in [-0.25, -0.2) is 13.9 Å². The van der Waals surface area contributed by atoms with E-state index >= 15 is 0 Å². The van der Waals surface area contributed by atoms with Gasteiger partial charge in [0.25, 0.3) is 21.2 Å². The number of aromatic amines is 1. The van der Waals surface area contributed by atoms with Crippen LogP contribution in [0.15, 0.2) is 21.9 Å². The number of amides is 5. The van der Waals surface area contributed by atoms with Crippen LogP contribution in [-0.2, 0) is 46.0 Å². The summed E-state index contributed by atoms with van der Waals surface area (Å²) in [6.45, 7) is -0.538. The molecule has 0 spiro atoms. The number of thioether (sulfide) groups is 1. The number of hydrogen-bond donors (Lipinski definition) is 8. The Morgan fingerprint density at radius 2 is 1.42 bits per heavy atom. The summed E-state index contributed by atoms with van der Waals surface area (Å²) in [5, 5.41) is 35.3. The van der Waals surface area contributed by atoms with Crippen molar-refractivity contribution in [3.8, 4) is 0 Å². The van der Waals surface area contributed by atoms with Crippen LogP contribution in [0.4, 0.5) is 4.79 Å². The minimum atomic E-state index is -6.27. The van der Waals surface area contributed by atoms with Crippen LogP contribution in [-0.4, -0.2) is 111 Å². The van der Waals surface area contributed by atoms with Gasteiger partial charge in [0.15, 0.2) is 6.23 Å². The molecular weight excluding hydrogens is 939 g/mol. The molecule has 0 radical (unpaired) electrons. The van der Waals surface area contributed by atoms with Crippen LogP contribution in [0, 0.1) is 0 Å². The van der Waals surface area contributed by atoms with Gasteiger partial charge in [0.05, 0.1) is 32.1 Å². The van der Waals surface area contributed by atoms with Crippen molar-refractivity contribution >= 4 is 65.1 Å². The van der Waals surface area contributed by atoms with Crippen molar-refractivity contribution in [1.29, 1.82) is 0 Å². The molecule has 34 heteroatoms. The van der Waals surface area contributed by atoms with Crippen LogP contribution in [0.2, 0.25) is 0 Å². The number of H-pyrrole nitrogens is 1. The molecule has 26 nitrogen and oxygen atoms in total. The zero-order chi connectivity index (χ0) is 45.7. The van der Waals surface area contributed by atoms with Gasteiger partial charge < -0.3 is 70.2 Å². The van der Waals surface area contributed by atoms with Gasteiger partial charge in [0.2, 0.25) is 17.7 Å². The number of carbonyl (C=O) groups is 4. The normalized spacial score (nSPS) is 23.8. The van der Waals surface area contributed by atoms with Gasteiger partial charge in [0.1, 0.15) is 18.3 Å². The number of nitrogens with zero attached hydrogens (tertiary/aromatic N) is 1. The van der Waals surface area contributed by atoms with Crippen molar-refractivity contribution in [1.82, 2.24) is 36.1 Å². The second kappa shape index (κ2) is 30.8. The monoisotopic (exact) mass is 987 g/mol. The van der Waals surface area contributed by atoms with E-state index in [2.05, 4.69) is 39.7 Å². The van der Waals surface area contributed by atoms with Crippen LogP contribution in [0.5, 0.6) is 0 Å². The Morgan fingerprint density at radius 1 is 0.818 bits per heavy atom. The van der Waals surface area contributed by atoms with Crippen molar-refractivity contribution in [2.75, 3.05) is 32.0 Å². The van der Waals surface area contributed by atoms with Crippen molar-refractivity contribution in [3.63, 3.8) is 0 Å². The van der Waals surface area contributed by atoms with Crippen LogP contribution < -0.4 is 133 Å². The fourth-order valence-electron chi connectivity index (χ4n) is 6.54. The summed E-state index contributed by atoms with van der Waals surface area (Å²) in [4.78, 5) is 119. The fraction of sp³-hybridized carbons (Fsp3) is 0.688. The van der Waals surface area contributed by atoms with Crippen molar-refractivity contribution in [2.24, 2.45) is 0 Å². The molecule has 8 N–H and O–H groups in total. The molecule has 1 aromatic heterocycles. The first-order valence-electron chi connectivity index (χ1n) is 19.4. The standard InChI is InChI=1S/C32H52N7O19P3S.4Li/c40-23(10-2-1-5-13-33-24(41)11-4-3-9-22-26-20(18-62-22)36-31(46)37-26)35-15-7-12-25(42)34-14-6-8-19-16-39(32(47)38-29(19)45)30-28(44)27(43)21(56-30)17-55-60(51,52)58-61(53,54)57-59(48,49)50;;;;/h6,8,16,20-22,26-28,30,43-44H,1-5,7,9-15,17-18H2,(H,33,41)(H,34,42)(H,35,40)(H,51,52)(H,53,54)(H2,36,37,46)(H,38,45,47)(H2,48,49,50);;;;/q;4*+1/p-4/b8-6+;;;;/t20-,21+,22-,26-,27+,28+,30+;;;;/m0..../s1. The van der Waals surface area contributed by atoms with Gasteiger partial charge in [-0.15, -0.1) is 0 Å². The zero-order valence-corrected chi connectivity index (χ0v) is 40.4. The Kier molecular flexibility index (Phi) is 30.4. The molecule has 3 saturated heterocycles. The number of phosphoric acid groups is 3. The number of rotatable bonds is 26. The van der Waals surface area contributed by atoms with Crippen molar-refractivity contribution in [3.05, 3.63) is 38.7 Å². The van der Waals surface area contributed by atoms with E-state index in [1.165, 1.54) is 12.2 Å². The second-order valence-corrected chi connectivity index (χ2v) is 19.8. The van der Waals surface area contributed by atoms with Crippen LogP contribution in [0.3, 0.4) is 0 Å². The maximum absolute atomic E-state index is 12.5. The first-order valence-corrected chi connectivity index (χ1v) is 24.8. The van der Waals surface area contributed by atoms with E-state index < -0.39 is 65.9 Å². The molecule has 2 unspecified atom stereocenters. The van der Waals surface area contributed by atoms with Gasteiger partial charge in [-0.2, -0.15) is 11.8 Å². The molecule has 0 aromatic carbocycles. The zero-order valence-electron chi connectivity index (χ0n) is 36.9. The Labute approximate surface area is 430 Å². The summed E-state index contributed by atoms with van der Waals surface area (Å²) in [5.74, 6) is 0.358. The predicted molar refractivity (Wildman–Crippen MR) is 208 cm³/mol. The third-order valence-corrected chi connectivity index (χ3v) is 14.7. The summed E-state index contributed by atoms with van der Waals surface area (Å²) in [5.41, 5.74) is -2.22. The number of aliphatic hydroxyl groups excluding tert-OH is 2. The van der Waals surface area contributed by atoms with Crippen LogP contribution >= 0.6 is 35.2 Å². The molecule has 3 aliphatic rings. The number of carbonyl (C=O) groups excluding carboxylic acids is 4. The molecule has 0 bridgehead atoms. The number of fused-ring (bicyclic) bond motifs is 1. The Balaban J connectivity index is 0.0000106. The predicted octanol–water partition coefficient (Wildman–Crippen LogP) is -15.6. The Bertz CT molecular complexity index is 2060. The van der Waals surface area contributed by atoms with Gasteiger partial charge in [-0.05, 0) is 32.1 Å². The molecule has 3 fully saturated rings. The van der Waals surface area contributed by atoms with Gasteiger partial charge in [-0.1, -0.05) is 25.0 Å². The molecule has 3 aliphatic heterocycles. The summed E-state index contributed by atoms with van der Waals surface area (Å²) >= 11 is 1.85. The molecule has 350 valence electrons. The Hall–Kier alpha value is -0.870. The van der Waals surface area contributed by atoms with E-state index in [1.54, 1.807) is 0 Å². The molecule has 0 aliphatic carbocycles. The number of ether oxygens (including phenoxy) is 1. The first-order chi connectivity index (χ1) is 29.1. The quantitative estimate of drug-likeness (QED) is 0.0185. The van der Waals surface area contributed by atoms with E-state index in [-0.39, 0.29) is 136 Å². The number of phosphoric ester groups is 1. The number of urea groups is 1. The van der Waals surface area contributed by atoms with E-state index in [0.29, 0.717) is 42.0 Å². The molecule has 1 aromatic rings. The van der Waals surface area contributed by atoms with Gasteiger partial charge in [-0.3, -0.25) is 42.2 Å². The van der Waals surface area contributed by atoms with Crippen LogP contribution in [0.25, 0.3) is 6.08 Å². The number of nitrogens with one attached hydrogen (secondary N) is 6. The smallest absolute Gasteiger partial charge is 0.790 e. The molecule has 0 saturated carbocycles. The van der Waals surface area contributed by atoms with Gasteiger partial charge in [0, 0.05) is 56.1 Å². The van der Waals surface area contributed by atoms with Gasteiger partial charge >= 0.3 is 87.2 Å². The summed E-state index contributed by atoms with van der Waals surface area (Å²) in [7, 11) is -18.5. The molecular formula is C32H48Li4N7O19P3S. The number of aromatic nitrogens is 2. The third-order valence-electron chi connectivity index (χ3n) is 9.50. The minimum absolute atomic E-state index is 0. The van der Waals surface area contributed by atoms with Crippen LogP contribution in [0.1, 0.15) is 76.0 Å². The minimum Gasteiger partial charge on any atom is -0.790 e. The number of aliphatic hydroxyl groups is 2.